The third-order valence-electron chi connectivity index (χ3n) is 4.52. The van der Waals surface area contributed by atoms with Crippen molar-refractivity contribution in [2.24, 2.45) is 13.0 Å². The second-order valence-electron chi connectivity index (χ2n) is 7.23. The van der Waals surface area contributed by atoms with Crippen LogP contribution in [0.5, 0.6) is 0 Å². The quantitative estimate of drug-likeness (QED) is 0.371. The number of aryl methyl sites for hydroxylation is 1. The van der Waals surface area contributed by atoms with E-state index < -0.39 is 23.6 Å². The van der Waals surface area contributed by atoms with Crippen molar-refractivity contribution in [3.63, 3.8) is 0 Å². The molecule has 170 valence electrons. The fourth-order valence-electron chi connectivity index (χ4n) is 2.96. The van der Waals surface area contributed by atoms with Crippen LogP contribution in [0.1, 0.15) is 76.9 Å². The van der Waals surface area contributed by atoms with Gasteiger partial charge in [0.1, 0.15) is 11.5 Å². The smallest absolute Gasteiger partial charge is 0.282 e. The maximum atomic E-state index is 13.3. The highest BCUT2D eigenvalue weighted by atomic mass is 19.3. The van der Waals surface area contributed by atoms with Gasteiger partial charge in [-0.15, -0.1) is 0 Å². The molecule has 0 aliphatic rings. The summed E-state index contributed by atoms with van der Waals surface area (Å²) in [6.45, 7) is 15.6. The number of rotatable bonds is 10. The van der Waals surface area contributed by atoms with Crippen molar-refractivity contribution < 1.29 is 18.3 Å². The summed E-state index contributed by atoms with van der Waals surface area (Å²) in [5.41, 5.74) is -0.559. The molecule has 1 N–H and O–H groups in total. The Hall–Kier alpha value is -2.44. The molecule has 0 radical (unpaired) electrons. The van der Waals surface area contributed by atoms with Crippen LogP contribution in [-0.2, 0) is 11.8 Å². The highest BCUT2D eigenvalue weighted by Gasteiger charge is 2.35. The first kappa shape index (κ1) is 27.6. The molecular formula is C23H37F2N3O2. The van der Waals surface area contributed by atoms with Crippen molar-refractivity contribution in [2.45, 2.75) is 66.3 Å². The Kier molecular flexibility index (Phi) is 11.9. The number of halogens is 2. The van der Waals surface area contributed by atoms with Crippen molar-refractivity contribution in [1.29, 1.82) is 0 Å². The third kappa shape index (κ3) is 7.76. The van der Waals surface area contributed by atoms with Crippen LogP contribution in [0.3, 0.4) is 0 Å². The Morgan fingerprint density at radius 2 is 1.97 bits per heavy atom. The standard InChI is InChI=1S/C21H31F2N3O2.C2H6/c1-8-11-21(15(4)5,12-16(28-7)10-9-14(2)3)24-20(27)17-13-26(6)25-18(17)19(22)23;1-2/h9-10,12-13,15,19H,2,8,11H2,1,3-7H3,(H,24,27);1-2H3/b10-9-,16-12+;. The predicted molar refractivity (Wildman–Crippen MR) is 119 cm³/mol. The van der Waals surface area contributed by atoms with Crippen LogP contribution >= 0.6 is 0 Å². The zero-order valence-electron chi connectivity index (χ0n) is 19.6. The molecule has 1 unspecified atom stereocenters. The topological polar surface area (TPSA) is 56.2 Å². The number of alkyl halides is 2. The van der Waals surface area contributed by atoms with E-state index in [0.29, 0.717) is 12.2 Å². The molecule has 1 heterocycles. The van der Waals surface area contributed by atoms with Gasteiger partial charge < -0.3 is 10.1 Å². The van der Waals surface area contributed by atoms with Crippen molar-refractivity contribution >= 4 is 5.91 Å². The van der Waals surface area contributed by atoms with Gasteiger partial charge in [-0.25, -0.2) is 8.78 Å². The molecule has 1 aromatic heterocycles. The molecule has 7 heteroatoms. The number of hydrogen-bond acceptors (Lipinski definition) is 3. The Balaban J connectivity index is 0.00000407. The first-order valence-electron chi connectivity index (χ1n) is 10.3. The number of methoxy groups -OCH3 is 1. The van der Waals surface area contributed by atoms with Gasteiger partial charge in [0.2, 0.25) is 0 Å². The van der Waals surface area contributed by atoms with E-state index in [2.05, 4.69) is 17.0 Å². The predicted octanol–water partition coefficient (Wildman–Crippen LogP) is 5.97. The number of nitrogens with one attached hydrogen (secondary N) is 1. The first-order chi connectivity index (χ1) is 14.1. The molecule has 1 amide bonds. The van der Waals surface area contributed by atoms with Crippen LogP contribution in [0.2, 0.25) is 0 Å². The van der Waals surface area contributed by atoms with E-state index in [4.69, 9.17) is 4.74 Å². The van der Waals surface area contributed by atoms with Crippen molar-refractivity contribution in [2.75, 3.05) is 7.11 Å². The lowest BCUT2D eigenvalue weighted by atomic mass is 9.81. The molecule has 1 atom stereocenters. The Bertz CT molecular complexity index is 752. The molecular weight excluding hydrogens is 388 g/mol. The Morgan fingerprint density at radius 3 is 2.40 bits per heavy atom. The average Bonchev–Trinajstić information content (AvgIpc) is 3.08. The van der Waals surface area contributed by atoms with Gasteiger partial charge in [0.25, 0.3) is 12.3 Å². The van der Waals surface area contributed by atoms with E-state index >= 15 is 0 Å². The van der Waals surface area contributed by atoms with Gasteiger partial charge in [-0.2, -0.15) is 5.10 Å². The summed E-state index contributed by atoms with van der Waals surface area (Å²) in [5.74, 6) is -0.0293. The minimum Gasteiger partial charge on any atom is -0.497 e. The lowest BCUT2D eigenvalue weighted by molar-refractivity contribution is 0.0873. The summed E-state index contributed by atoms with van der Waals surface area (Å²) in [5, 5.41) is 6.69. The largest absolute Gasteiger partial charge is 0.497 e. The van der Waals surface area contributed by atoms with Crippen LogP contribution in [0, 0.1) is 5.92 Å². The van der Waals surface area contributed by atoms with E-state index in [0.717, 1.165) is 12.0 Å². The molecule has 1 aromatic rings. The number of hydrogen-bond donors (Lipinski definition) is 1. The third-order valence-corrected chi connectivity index (χ3v) is 4.52. The Labute approximate surface area is 179 Å². The molecule has 0 fully saturated rings. The van der Waals surface area contributed by atoms with E-state index in [1.807, 2.05) is 53.7 Å². The van der Waals surface area contributed by atoms with E-state index in [1.165, 1.54) is 17.9 Å². The van der Waals surface area contributed by atoms with Crippen LogP contribution in [0.4, 0.5) is 8.78 Å². The molecule has 0 aromatic carbocycles. The number of ether oxygens (including phenoxy) is 1. The van der Waals surface area contributed by atoms with Crippen molar-refractivity contribution in [1.82, 2.24) is 15.1 Å². The van der Waals surface area contributed by atoms with Gasteiger partial charge in [0.15, 0.2) is 0 Å². The minimum atomic E-state index is -2.83. The summed E-state index contributed by atoms with van der Waals surface area (Å²) < 4.78 is 33.2. The number of allylic oxidation sites excluding steroid dienone is 3. The minimum absolute atomic E-state index is 0.00792. The number of carbonyl (C=O) groups excluding carboxylic acids is 1. The van der Waals surface area contributed by atoms with Gasteiger partial charge in [0.05, 0.1) is 18.2 Å². The Morgan fingerprint density at radius 1 is 1.37 bits per heavy atom. The second-order valence-corrected chi connectivity index (χ2v) is 7.23. The molecule has 0 bridgehead atoms. The van der Waals surface area contributed by atoms with Gasteiger partial charge in [-0.05, 0) is 31.4 Å². The maximum absolute atomic E-state index is 13.3. The maximum Gasteiger partial charge on any atom is 0.282 e. The first-order valence-corrected chi connectivity index (χ1v) is 10.3. The lowest BCUT2D eigenvalue weighted by Crippen LogP contribution is -2.51. The second kappa shape index (κ2) is 13.0. The number of carbonyl (C=O) groups is 1. The van der Waals surface area contributed by atoms with Gasteiger partial charge in [-0.1, -0.05) is 59.3 Å². The van der Waals surface area contributed by atoms with Crippen LogP contribution in [-0.4, -0.2) is 28.3 Å². The molecule has 5 nitrogen and oxygen atoms in total. The summed E-state index contributed by atoms with van der Waals surface area (Å²) in [6.07, 6.45) is 5.32. The number of amides is 1. The fourth-order valence-corrected chi connectivity index (χ4v) is 2.96. The highest BCUT2D eigenvalue weighted by molar-refractivity contribution is 5.96. The fraction of sp³-hybridized carbons (Fsp3) is 0.565. The highest BCUT2D eigenvalue weighted by Crippen LogP contribution is 2.29. The van der Waals surface area contributed by atoms with Crippen LogP contribution in [0.15, 0.2) is 42.3 Å². The molecule has 1 rings (SSSR count). The molecule has 0 saturated heterocycles. The summed E-state index contributed by atoms with van der Waals surface area (Å²) >= 11 is 0. The van der Waals surface area contributed by atoms with E-state index in [9.17, 15) is 13.6 Å². The number of aromatic nitrogens is 2. The van der Waals surface area contributed by atoms with E-state index in [1.54, 1.807) is 13.2 Å². The van der Waals surface area contributed by atoms with E-state index in [-0.39, 0.29) is 11.5 Å². The molecule has 0 aliphatic carbocycles. The van der Waals surface area contributed by atoms with Crippen LogP contribution in [0.25, 0.3) is 0 Å². The summed E-state index contributed by atoms with van der Waals surface area (Å²) in [7, 11) is 3.05. The monoisotopic (exact) mass is 425 g/mol. The lowest BCUT2D eigenvalue weighted by Gasteiger charge is -2.36. The molecule has 0 spiro atoms. The molecule has 0 saturated carbocycles. The number of nitrogens with zero attached hydrogens (tertiary/aromatic N) is 2. The zero-order valence-corrected chi connectivity index (χ0v) is 19.6. The molecule has 30 heavy (non-hydrogen) atoms. The zero-order chi connectivity index (χ0) is 23.5. The van der Waals surface area contributed by atoms with Crippen molar-refractivity contribution in [3.8, 4) is 0 Å². The van der Waals surface area contributed by atoms with Crippen LogP contribution < -0.4 is 5.32 Å². The SMILES string of the molecule is C=C(C)/C=C\C(=C/C(CCC)(NC(=O)c1cn(C)nc1C(F)F)C(C)C)OC.CC. The summed E-state index contributed by atoms with van der Waals surface area (Å²) in [6, 6.07) is 0. The molecule has 0 aliphatic heterocycles. The van der Waals surface area contributed by atoms with Gasteiger partial charge >= 0.3 is 0 Å². The van der Waals surface area contributed by atoms with Gasteiger partial charge in [0, 0.05) is 13.2 Å². The average molecular weight is 426 g/mol. The van der Waals surface area contributed by atoms with Crippen molar-refractivity contribution in [3.05, 3.63) is 53.6 Å². The van der Waals surface area contributed by atoms with Gasteiger partial charge in [-0.3, -0.25) is 9.48 Å². The summed E-state index contributed by atoms with van der Waals surface area (Å²) in [4.78, 5) is 12.9. The normalized spacial score (nSPS) is 13.8.